The molecule has 0 amide bonds. The highest BCUT2D eigenvalue weighted by atomic mass is 19.2. The van der Waals surface area contributed by atoms with E-state index in [0.717, 1.165) is 0 Å². The van der Waals surface area contributed by atoms with E-state index >= 15 is 0 Å². The summed E-state index contributed by atoms with van der Waals surface area (Å²) in [4.78, 5) is 11.6. The lowest BCUT2D eigenvalue weighted by molar-refractivity contribution is -0.136. The van der Waals surface area contributed by atoms with E-state index in [0.29, 0.717) is 59.5 Å². The van der Waals surface area contributed by atoms with Crippen LogP contribution >= 0.6 is 0 Å². The average molecular weight is 486 g/mol. The van der Waals surface area contributed by atoms with Gasteiger partial charge in [0.1, 0.15) is 0 Å². The number of carbonyl (C=O) groups excluding carboxylic acids is 1. The van der Waals surface area contributed by atoms with E-state index in [9.17, 15) is 22.4 Å². The third-order valence-corrected chi connectivity index (χ3v) is 3.80. The van der Waals surface area contributed by atoms with Crippen LogP contribution in [0, 0.1) is 23.3 Å². The predicted octanol–water partition coefficient (Wildman–Crippen LogP) is 2.66. The molecule has 0 unspecified atom stereocenters. The maximum atomic E-state index is 13.4. The van der Waals surface area contributed by atoms with E-state index < -0.39 is 35.0 Å². The molecule has 0 aliphatic rings. The second-order valence-electron chi connectivity index (χ2n) is 6.28. The summed E-state index contributed by atoms with van der Waals surface area (Å²) in [6, 6.07) is 0.0210. The number of esters is 1. The van der Waals surface area contributed by atoms with Crippen LogP contribution in [0.15, 0.2) is 6.07 Å². The van der Waals surface area contributed by atoms with Gasteiger partial charge in [-0.25, -0.2) is 8.78 Å². The minimum absolute atomic E-state index is 0.0210. The van der Waals surface area contributed by atoms with Gasteiger partial charge in [-0.05, 0) is 6.92 Å². The van der Waals surface area contributed by atoms with E-state index in [1.807, 2.05) is 6.92 Å². The van der Waals surface area contributed by atoms with E-state index in [-0.39, 0.29) is 32.3 Å². The summed E-state index contributed by atoms with van der Waals surface area (Å²) >= 11 is 0. The van der Waals surface area contributed by atoms with Gasteiger partial charge in [0.25, 0.3) is 0 Å². The minimum Gasteiger partial charge on any atom is -0.420 e. The maximum absolute atomic E-state index is 13.4. The molecule has 0 heterocycles. The van der Waals surface area contributed by atoms with Crippen LogP contribution in [0.2, 0.25) is 0 Å². The van der Waals surface area contributed by atoms with Gasteiger partial charge in [-0.1, -0.05) is 0 Å². The summed E-state index contributed by atoms with van der Waals surface area (Å²) in [6.45, 7) is 6.44. The van der Waals surface area contributed by atoms with Crippen LogP contribution in [0.25, 0.3) is 0 Å². The Hall–Kier alpha value is -1.83. The third-order valence-electron chi connectivity index (χ3n) is 3.80. The fourth-order valence-corrected chi connectivity index (χ4v) is 2.21. The Balaban J connectivity index is 1.91. The Bertz CT molecular complexity index is 652. The molecule has 0 spiro atoms. The van der Waals surface area contributed by atoms with Gasteiger partial charge in [-0.2, -0.15) is 8.78 Å². The Labute approximate surface area is 190 Å². The zero-order valence-electron chi connectivity index (χ0n) is 18.5. The topological polar surface area (TPSA) is 81.7 Å². The molecule has 0 N–H and O–H groups in total. The first kappa shape index (κ1) is 29.2. The molecule has 8 nitrogen and oxygen atoms in total. The standard InChI is InChI=1S/C21H30F4O8/c1-2-27-5-6-29-9-10-31-13-14-32-12-11-30-8-7-28-4-3-18(26)33-21-19(24)16(22)15-17(23)20(21)25/h15H,2-14H2,1H3. The Morgan fingerprint density at radius 1 is 0.636 bits per heavy atom. The van der Waals surface area contributed by atoms with Crippen LogP contribution in [0.1, 0.15) is 13.3 Å². The molecule has 0 bridgehead atoms. The summed E-state index contributed by atoms with van der Waals surface area (Å²) in [6.07, 6.45) is -0.377. The predicted molar refractivity (Wildman–Crippen MR) is 107 cm³/mol. The molecular weight excluding hydrogens is 456 g/mol. The molecule has 1 aromatic rings. The van der Waals surface area contributed by atoms with Crippen molar-refractivity contribution in [1.82, 2.24) is 0 Å². The van der Waals surface area contributed by atoms with E-state index in [1.165, 1.54) is 0 Å². The zero-order chi connectivity index (χ0) is 24.3. The third kappa shape index (κ3) is 13.5. The van der Waals surface area contributed by atoms with Crippen molar-refractivity contribution in [3.05, 3.63) is 29.3 Å². The summed E-state index contributed by atoms with van der Waals surface area (Å²) in [5.41, 5.74) is 0. The van der Waals surface area contributed by atoms with Crippen molar-refractivity contribution in [2.45, 2.75) is 13.3 Å². The molecule has 0 aromatic heterocycles. The number of carbonyl (C=O) groups is 1. The first-order valence-corrected chi connectivity index (χ1v) is 10.5. The monoisotopic (exact) mass is 486 g/mol. The van der Waals surface area contributed by atoms with Crippen molar-refractivity contribution in [3.8, 4) is 5.75 Å². The van der Waals surface area contributed by atoms with Gasteiger partial charge in [0.05, 0.1) is 79.1 Å². The number of rotatable bonds is 20. The van der Waals surface area contributed by atoms with Crippen LogP contribution in [0.5, 0.6) is 5.75 Å². The van der Waals surface area contributed by atoms with Crippen molar-refractivity contribution in [2.24, 2.45) is 0 Å². The lowest BCUT2D eigenvalue weighted by atomic mass is 10.3. The molecular formula is C21H30F4O8. The van der Waals surface area contributed by atoms with Crippen LogP contribution < -0.4 is 4.74 Å². The average Bonchev–Trinajstić information content (AvgIpc) is 2.79. The van der Waals surface area contributed by atoms with Gasteiger partial charge in [0, 0.05) is 12.7 Å². The van der Waals surface area contributed by atoms with Gasteiger partial charge in [-0.3, -0.25) is 4.79 Å². The largest absolute Gasteiger partial charge is 0.420 e. The van der Waals surface area contributed by atoms with Crippen molar-refractivity contribution in [1.29, 1.82) is 0 Å². The molecule has 0 aliphatic heterocycles. The number of hydrogen-bond donors (Lipinski definition) is 0. The first-order chi connectivity index (χ1) is 16.0. The van der Waals surface area contributed by atoms with Crippen molar-refractivity contribution in [3.63, 3.8) is 0 Å². The summed E-state index contributed by atoms with van der Waals surface area (Å²) in [7, 11) is 0. The summed E-state index contributed by atoms with van der Waals surface area (Å²) in [5.74, 6) is -9.43. The molecule has 0 aliphatic carbocycles. The second kappa shape index (κ2) is 18.6. The molecule has 12 heteroatoms. The van der Waals surface area contributed by atoms with E-state index in [1.54, 1.807) is 0 Å². The van der Waals surface area contributed by atoms with E-state index in [4.69, 9.17) is 28.4 Å². The summed E-state index contributed by atoms with van der Waals surface area (Å²) in [5, 5.41) is 0. The first-order valence-electron chi connectivity index (χ1n) is 10.5. The van der Waals surface area contributed by atoms with Crippen LogP contribution in [-0.2, 0) is 33.2 Å². The van der Waals surface area contributed by atoms with Crippen molar-refractivity contribution < 1.29 is 55.5 Å². The smallest absolute Gasteiger partial charge is 0.313 e. The van der Waals surface area contributed by atoms with Gasteiger partial charge in [-0.15, -0.1) is 0 Å². The van der Waals surface area contributed by atoms with Crippen molar-refractivity contribution >= 4 is 5.97 Å². The highest BCUT2D eigenvalue weighted by Gasteiger charge is 2.22. The Morgan fingerprint density at radius 3 is 1.39 bits per heavy atom. The fraction of sp³-hybridized carbons (Fsp3) is 0.667. The van der Waals surface area contributed by atoms with Crippen LogP contribution in [-0.4, -0.2) is 85.3 Å². The molecule has 0 radical (unpaired) electrons. The normalized spacial score (nSPS) is 11.2. The van der Waals surface area contributed by atoms with Gasteiger partial charge >= 0.3 is 5.97 Å². The quantitative estimate of drug-likeness (QED) is 0.0915. The van der Waals surface area contributed by atoms with Gasteiger partial charge in [0.15, 0.2) is 11.6 Å². The zero-order valence-corrected chi connectivity index (χ0v) is 18.5. The Morgan fingerprint density at radius 2 is 1.00 bits per heavy atom. The minimum atomic E-state index is -1.78. The van der Waals surface area contributed by atoms with E-state index in [2.05, 4.69) is 4.74 Å². The second-order valence-corrected chi connectivity index (χ2v) is 6.28. The number of hydrogen-bond acceptors (Lipinski definition) is 8. The highest BCUT2D eigenvalue weighted by molar-refractivity contribution is 5.72. The molecule has 0 fully saturated rings. The Kier molecular flexibility index (Phi) is 16.4. The number of ether oxygens (including phenoxy) is 7. The molecule has 1 aromatic carbocycles. The number of halogens is 4. The lowest BCUT2D eigenvalue weighted by Crippen LogP contribution is -2.16. The number of benzene rings is 1. The molecule has 33 heavy (non-hydrogen) atoms. The van der Waals surface area contributed by atoms with Gasteiger partial charge in [0.2, 0.25) is 17.4 Å². The maximum Gasteiger partial charge on any atom is 0.313 e. The van der Waals surface area contributed by atoms with Crippen LogP contribution in [0.3, 0.4) is 0 Å². The molecule has 0 saturated carbocycles. The molecule has 0 atom stereocenters. The lowest BCUT2D eigenvalue weighted by Gasteiger charge is -2.09. The van der Waals surface area contributed by atoms with Crippen molar-refractivity contribution in [2.75, 3.05) is 79.3 Å². The fourth-order valence-electron chi connectivity index (χ4n) is 2.21. The van der Waals surface area contributed by atoms with Gasteiger partial charge < -0.3 is 33.2 Å². The summed E-state index contributed by atoms with van der Waals surface area (Å²) < 4.78 is 88.8. The SMILES string of the molecule is CCOCCOCCOCCOCCOCCOCCC(=O)Oc1c(F)c(F)cc(F)c1F. The van der Waals surface area contributed by atoms with Crippen LogP contribution in [0.4, 0.5) is 17.6 Å². The molecule has 190 valence electrons. The highest BCUT2D eigenvalue weighted by Crippen LogP contribution is 2.26. The molecule has 0 saturated heterocycles. The molecule has 1 rings (SSSR count).